The van der Waals surface area contributed by atoms with E-state index < -0.39 is 0 Å². The van der Waals surface area contributed by atoms with Crippen LogP contribution in [-0.4, -0.2) is 29.4 Å². The van der Waals surface area contributed by atoms with E-state index in [-0.39, 0.29) is 0 Å². The Bertz CT molecular complexity index is 430. The molecule has 0 saturated heterocycles. The van der Waals surface area contributed by atoms with Crippen molar-refractivity contribution in [2.45, 2.75) is 12.3 Å². The van der Waals surface area contributed by atoms with Crippen molar-refractivity contribution in [3.8, 4) is 0 Å². The van der Waals surface area contributed by atoms with Gasteiger partial charge in [-0.3, -0.25) is 0 Å². The van der Waals surface area contributed by atoms with Crippen molar-refractivity contribution in [3.63, 3.8) is 0 Å². The molecule has 0 spiro atoms. The van der Waals surface area contributed by atoms with Crippen LogP contribution in [0.5, 0.6) is 0 Å². The van der Waals surface area contributed by atoms with E-state index in [2.05, 4.69) is 47.4 Å². The predicted molar refractivity (Wildman–Crippen MR) is 75.4 cm³/mol. The lowest BCUT2D eigenvalue weighted by Gasteiger charge is -2.16. The summed E-state index contributed by atoms with van der Waals surface area (Å²) in [4.78, 5) is 2.34. The van der Waals surface area contributed by atoms with Gasteiger partial charge in [-0.05, 0) is 12.6 Å². The van der Waals surface area contributed by atoms with Gasteiger partial charge >= 0.3 is 0 Å². The number of hydrogen-bond acceptors (Lipinski definition) is 4. The highest BCUT2D eigenvalue weighted by molar-refractivity contribution is 7.98. The van der Waals surface area contributed by atoms with E-state index in [1.807, 2.05) is 17.8 Å². The lowest BCUT2D eigenvalue weighted by atomic mass is 10.2. The zero-order chi connectivity index (χ0) is 12.6. The molecule has 1 heterocycles. The van der Waals surface area contributed by atoms with Crippen LogP contribution in [0, 0.1) is 0 Å². The fraction of sp³-hybridized carbons (Fsp3) is 0.357. The summed E-state index contributed by atoms with van der Waals surface area (Å²) in [6.07, 6.45) is 1.62. The number of aromatic nitrogens is 1. The van der Waals surface area contributed by atoms with Crippen LogP contribution in [0.2, 0.25) is 0 Å². The maximum atomic E-state index is 4.80. The topological polar surface area (TPSA) is 29.3 Å². The molecule has 1 aromatic heterocycles. The van der Waals surface area contributed by atoms with Crippen molar-refractivity contribution < 1.29 is 4.52 Å². The van der Waals surface area contributed by atoms with Gasteiger partial charge in [-0.25, -0.2) is 0 Å². The third-order valence-corrected chi connectivity index (χ3v) is 3.62. The van der Waals surface area contributed by atoms with E-state index in [1.54, 1.807) is 6.26 Å². The summed E-state index contributed by atoms with van der Waals surface area (Å²) in [6.45, 7) is 2.09. The first-order valence-electron chi connectivity index (χ1n) is 6.04. The highest BCUT2D eigenvalue weighted by Gasteiger charge is 2.01. The van der Waals surface area contributed by atoms with Crippen LogP contribution in [0.4, 0.5) is 0 Å². The van der Waals surface area contributed by atoms with E-state index in [9.17, 15) is 0 Å². The molecule has 0 aliphatic rings. The number of rotatable bonds is 7. The Labute approximate surface area is 112 Å². The zero-order valence-corrected chi connectivity index (χ0v) is 11.4. The minimum Gasteiger partial charge on any atom is -0.364 e. The zero-order valence-electron chi connectivity index (χ0n) is 10.6. The largest absolute Gasteiger partial charge is 0.364 e. The molecule has 2 rings (SSSR count). The van der Waals surface area contributed by atoms with Gasteiger partial charge in [0, 0.05) is 30.7 Å². The molecule has 96 valence electrons. The summed E-state index contributed by atoms with van der Waals surface area (Å²) in [5.74, 6) is 2.03. The molecule has 0 N–H and O–H groups in total. The summed E-state index contributed by atoms with van der Waals surface area (Å²) < 4.78 is 4.80. The normalized spacial score (nSPS) is 11.0. The molecule has 0 fully saturated rings. The summed E-state index contributed by atoms with van der Waals surface area (Å²) in [5, 5.41) is 3.89. The van der Waals surface area contributed by atoms with Crippen molar-refractivity contribution >= 4 is 11.8 Å². The highest BCUT2D eigenvalue weighted by atomic mass is 32.2. The molecule has 0 unspecified atom stereocenters. The number of nitrogens with zero attached hydrogens (tertiary/aromatic N) is 2. The van der Waals surface area contributed by atoms with E-state index in [0.29, 0.717) is 0 Å². The Morgan fingerprint density at radius 3 is 2.78 bits per heavy atom. The van der Waals surface area contributed by atoms with Crippen LogP contribution in [0.3, 0.4) is 0 Å². The van der Waals surface area contributed by atoms with Crippen LogP contribution >= 0.6 is 11.8 Å². The molecule has 0 bridgehead atoms. The minimum atomic E-state index is 0.926. The second kappa shape index (κ2) is 7.24. The molecule has 0 amide bonds. The van der Waals surface area contributed by atoms with Gasteiger partial charge in [0.2, 0.25) is 0 Å². The summed E-state index contributed by atoms with van der Waals surface area (Å²) in [7, 11) is 2.16. The molecule has 1 aromatic carbocycles. The lowest BCUT2D eigenvalue weighted by molar-refractivity contribution is 0.348. The van der Waals surface area contributed by atoms with Crippen LogP contribution in [0.1, 0.15) is 11.3 Å². The molecule has 0 radical (unpaired) electrons. The maximum absolute atomic E-state index is 4.80. The molecular weight excluding hydrogens is 244 g/mol. The predicted octanol–water partition coefficient (Wildman–Crippen LogP) is 3.04. The second-order valence-corrected chi connectivity index (χ2v) is 5.37. The molecule has 0 saturated carbocycles. The van der Waals surface area contributed by atoms with Crippen LogP contribution in [0.25, 0.3) is 0 Å². The fourth-order valence-corrected chi connectivity index (χ4v) is 2.63. The minimum absolute atomic E-state index is 0.926. The van der Waals surface area contributed by atoms with E-state index in [1.165, 1.54) is 5.56 Å². The number of hydrogen-bond donors (Lipinski definition) is 0. The molecule has 0 aliphatic heterocycles. The Morgan fingerprint density at radius 1 is 1.22 bits per heavy atom. The smallest absolute Gasteiger partial charge is 0.124 e. The van der Waals surface area contributed by atoms with Gasteiger partial charge in [0.05, 0.1) is 5.69 Å². The SMILES string of the molecule is CN(CCSCc1ccon1)Cc1ccccc1. The van der Waals surface area contributed by atoms with Crippen LogP contribution < -0.4 is 0 Å². The third kappa shape index (κ3) is 4.55. The molecule has 0 atom stereocenters. The van der Waals surface area contributed by atoms with Crippen LogP contribution in [-0.2, 0) is 12.3 Å². The third-order valence-electron chi connectivity index (χ3n) is 2.65. The van der Waals surface area contributed by atoms with Crippen LogP contribution in [0.15, 0.2) is 47.2 Å². The fourth-order valence-electron chi connectivity index (χ4n) is 1.68. The first kappa shape index (κ1) is 13.2. The Kier molecular flexibility index (Phi) is 5.30. The average molecular weight is 262 g/mol. The Morgan fingerprint density at radius 2 is 2.06 bits per heavy atom. The molecular formula is C14H18N2OS. The number of thioether (sulfide) groups is 1. The van der Waals surface area contributed by atoms with Crippen molar-refractivity contribution in [2.24, 2.45) is 0 Å². The quantitative estimate of drug-likeness (QED) is 0.717. The molecule has 2 aromatic rings. The van der Waals surface area contributed by atoms with Gasteiger partial charge in [-0.15, -0.1) is 0 Å². The average Bonchev–Trinajstić information content (AvgIpc) is 2.89. The molecule has 0 aliphatic carbocycles. The maximum Gasteiger partial charge on any atom is 0.124 e. The summed E-state index contributed by atoms with van der Waals surface area (Å²) >= 11 is 1.89. The van der Waals surface area contributed by atoms with Crippen molar-refractivity contribution in [3.05, 3.63) is 53.9 Å². The molecule has 3 nitrogen and oxygen atoms in total. The monoisotopic (exact) mass is 262 g/mol. The van der Waals surface area contributed by atoms with Crippen molar-refractivity contribution in [2.75, 3.05) is 19.3 Å². The van der Waals surface area contributed by atoms with Crippen molar-refractivity contribution in [1.82, 2.24) is 10.1 Å². The standard InChI is InChI=1S/C14H18N2OS/c1-16(11-13-5-3-2-4-6-13)8-10-18-12-14-7-9-17-15-14/h2-7,9H,8,10-12H2,1H3. The van der Waals surface area contributed by atoms with Gasteiger partial charge in [0.1, 0.15) is 6.26 Å². The lowest BCUT2D eigenvalue weighted by Crippen LogP contribution is -2.20. The van der Waals surface area contributed by atoms with Gasteiger partial charge in [-0.1, -0.05) is 35.5 Å². The second-order valence-electron chi connectivity index (χ2n) is 4.27. The van der Waals surface area contributed by atoms with E-state index >= 15 is 0 Å². The van der Waals surface area contributed by atoms with Gasteiger partial charge < -0.3 is 9.42 Å². The van der Waals surface area contributed by atoms with Gasteiger partial charge in [0.25, 0.3) is 0 Å². The number of benzene rings is 1. The Hall–Kier alpha value is -1.26. The summed E-state index contributed by atoms with van der Waals surface area (Å²) in [6, 6.07) is 12.5. The Balaban J connectivity index is 1.62. The van der Waals surface area contributed by atoms with Crippen molar-refractivity contribution in [1.29, 1.82) is 0 Å². The molecule has 18 heavy (non-hydrogen) atoms. The van der Waals surface area contributed by atoms with E-state index in [4.69, 9.17) is 4.52 Å². The first-order valence-corrected chi connectivity index (χ1v) is 7.19. The molecule has 4 heteroatoms. The highest BCUT2D eigenvalue weighted by Crippen LogP contribution is 2.10. The van der Waals surface area contributed by atoms with Gasteiger partial charge in [0.15, 0.2) is 0 Å². The van der Waals surface area contributed by atoms with Gasteiger partial charge in [-0.2, -0.15) is 11.8 Å². The first-order chi connectivity index (χ1) is 8.84. The van der Waals surface area contributed by atoms with E-state index in [0.717, 1.165) is 30.3 Å². The summed E-state index contributed by atoms with van der Waals surface area (Å²) in [5.41, 5.74) is 2.38.